The topological polar surface area (TPSA) is 125 Å². The Bertz CT molecular complexity index is 1570. The standard InChI is InChI=1S/C20H17N3O3.C8H8N2O/c1-12-9-13(2)26-18-10-14(7-8-15(12)18)21-20(24)25-11-19-22-16-5-3-4-6-17(16)23-19;11-5-8-9-6-3-1-2-4-7(6)10-8/h3-10H,2,11H2,1H3,(H,21,24)(H,22,23);1-4,11H,5H2,(H,9,10). The summed E-state index contributed by atoms with van der Waals surface area (Å²) in [6.45, 7) is 5.82. The third-order valence-corrected chi connectivity index (χ3v) is 5.64. The Labute approximate surface area is 212 Å². The minimum absolute atomic E-state index is 0.0331. The molecular weight excluding hydrogens is 470 g/mol. The minimum Gasteiger partial charge on any atom is -0.457 e. The van der Waals surface area contributed by atoms with Crippen molar-refractivity contribution in [2.45, 2.75) is 20.1 Å². The summed E-state index contributed by atoms with van der Waals surface area (Å²) in [5.41, 5.74) is 6.23. The molecule has 0 saturated carbocycles. The van der Waals surface area contributed by atoms with Crippen molar-refractivity contribution in [2.24, 2.45) is 0 Å². The highest BCUT2D eigenvalue weighted by Crippen LogP contribution is 2.34. The smallest absolute Gasteiger partial charge is 0.412 e. The molecule has 0 spiro atoms. The number of anilines is 1. The third kappa shape index (κ3) is 5.52. The van der Waals surface area contributed by atoms with Gasteiger partial charge in [-0.1, -0.05) is 30.8 Å². The van der Waals surface area contributed by atoms with Crippen LogP contribution in [0.1, 0.15) is 24.1 Å². The van der Waals surface area contributed by atoms with Gasteiger partial charge in [-0.25, -0.2) is 14.8 Å². The normalized spacial score (nSPS) is 12.3. The van der Waals surface area contributed by atoms with Gasteiger partial charge in [0, 0.05) is 17.3 Å². The molecule has 1 aliphatic heterocycles. The van der Waals surface area contributed by atoms with Crippen molar-refractivity contribution in [2.75, 3.05) is 5.32 Å². The van der Waals surface area contributed by atoms with Gasteiger partial charge in [0.25, 0.3) is 0 Å². The Kier molecular flexibility index (Phi) is 6.69. The van der Waals surface area contributed by atoms with E-state index in [1.807, 2.05) is 67.6 Å². The molecule has 3 aromatic carbocycles. The van der Waals surface area contributed by atoms with Gasteiger partial charge >= 0.3 is 6.09 Å². The second kappa shape index (κ2) is 10.4. The molecule has 9 heteroatoms. The molecule has 2 aromatic heterocycles. The molecule has 0 atom stereocenters. The number of H-pyrrole nitrogens is 2. The lowest BCUT2D eigenvalue weighted by Gasteiger charge is -2.18. The molecule has 1 aliphatic rings. The maximum Gasteiger partial charge on any atom is 0.412 e. The van der Waals surface area contributed by atoms with Crippen molar-refractivity contribution in [3.8, 4) is 5.75 Å². The van der Waals surface area contributed by atoms with Gasteiger partial charge in [-0.05, 0) is 55.0 Å². The van der Waals surface area contributed by atoms with Crippen LogP contribution in [0, 0.1) is 0 Å². The highest BCUT2D eigenvalue weighted by atomic mass is 16.5. The Hall–Kier alpha value is -4.89. The number of ether oxygens (including phenoxy) is 2. The summed E-state index contributed by atoms with van der Waals surface area (Å²) in [5, 5.41) is 11.4. The molecule has 9 nitrogen and oxygen atoms in total. The number of para-hydroxylation sites is 4. The minimum atomic E-state index is -0.563. The number of nitrogens with one attached hydrogen (secondary N) is 3. The number of amides is 1. The molecule has 1 amide bonds. The van der Waals surface area contributed by atoms with Crippen molar-refractivity contribution in [1.29, 1.82) is 0 Å². The van der Waals surface area contributed by atoms with Crippen LogP contribution in [0.15, 0.2) is 85.1 Å². The van der Waals surface area contributed by atoms with E-state index < -0.39 is 6.09 Å². The molecule has 186 valence electrons. The van der Waals surface area contributed by atoms with Gasteiger partial charge in [0.15, 0.2) is 6.61 Å². The number of aromatic amines is 2. The number of allylic oxidation sites excluding steroid dienone is 2. The molecule has 37 heavy (non-hydrogen) atoms. The Morgan fingerprint density at radius 1 is 1.00 bits per heavy atom. The summed E-state index contributed by atoms with van der Waals surface area (Å²) >= 11 is 0. The number of aromatic nitrogens is 4. The largest absolute Gasteiger partial charge is 0.457 e. The van der Waals surface area contributed by atoms with Gasteiger partial charge in [-0.15, -0.1) is 0 Å². The lowest BCUT2D eigenvalue weighted by atomic mass is 10.0. The maximum absolute atomic E-state index is 12.1. The lowest BCUT2D eigenvalue weighted by molar-refractivity contribution is 0.152. The van der Waals surface area contributed by atoms with Crippen LogP contribution < -0.4 is 10.1 Å². The lowest BCUT2D eigenvalue weighted by Crippen LogP contribution is -2.14. The number of carbonyl (C=O) groups excluding carboxylic acids is 1. The summed E-state index contributed by atoms with van der Waals surface area (Å²) in [7, 11) is 0. The number of fused-ring (bicyclic) bond motifs is 3. The predicted octanol–water partition coefficient (Wildman–Crippen LogP) is 5.68. The second-order valence-electron chi connectivity index (χ2n) is 8.37. The summed E-state index contributed by atoms with van der Waals surface area (Å²) in [4.78, 5) is 26.6. The maximum atomic E-state index is 12.1. The first-order valence-corrected chi connectivity index (χ1v) is 11.6. The average Bonchev–Trinajstić information content (AvgIpc) is 3.51. The summed E-state index contributed by atoms with van der Waals surface area (Å²) < 4.78 is 10.8. The molecule has 6 rings (SSSR count). The number of imidazole rings is 2. The highest BCUT2D eigenvalue weighted by Gasteiger charge is 2.15. The van der Waals surface area contributed by atoms with Gasteiger partial charge < -0.3 is 24.5 Å². The third-order valence-electron chi connectivity index (χ3n) is 5.64. The molecule has 0 unspecified atom stereocenters. The zero-order chi connectivity index (χ0) is 25.8. The number of carbonyl (C=O) groups is 1. The van der Waals surface area contributed by atoms with E-state index in [0.717, 1.165) is 33.2 Å². The number of nitrogens with zero attached hydrogens (tertiary/aromatic N) is 2. The number of hydrogen-bond donors (Lipinski definition) is 4. The van der Waals surface area contributed by atoms with Crippen LogP contribution in [-0.2, 0) is 18.0 Å². The van der Waals surface area contributed by atoms with E-state index in [4.69, 9.17) is 14.6 Å². The van der Waals surface area contributed by atoms with E-state index in [0.29, 0.717) is 28.8 Å². The molecular formula is C28H25N5O4. The van der Waals surface area contributed by atoms with E-state index in [2.05, 4.69) is 31.8 Å². The number of rotatable bonds is 4. The van der Waals surface area contributed by atoms with Crippen molar-refractivity contribution in [1.82, 2.24) is 19.9 Å². The summed E-state index contributed by atoms with van der Waals surface area (Å²) in [6.07, 6.45) is 1.31. The van der Waals surface area contributed by atoms with Gasteiger partial charge in [-0.3, -0.25) is 5.32 Å². The molecule has 5 aromatic rings. The van der Waals surface area contributed by atoms with Crippen LogP contribution in [0.2, 0.25) is 0 Å². The molecule has 4 N–H and O–H groups in total. The fourth-order valence-electron chi connectivity index (χ4n) is 3.94. The van der Waals surface area contributed by atoms with Crippen molar-refractivity contribution in [3.63, 3.8) is 0 Å². The first-order valence-electron chi connectivity index (χ1n) is 11.6. The predicted molar refractivity (Wildman–Crippen MR) is 142 cm³/mol. The van der Waals surface area contributed by atoms with E-state index in [-0.39, 0.29) is 13.2 Å². The first kappa shape index (κ1) is 23.8. The second-order valence-corrected chi connectivity index (χ2v) is 8.37. The van der Waals surface area contributed by atoms with Crippen LogP contribution in [0.3, 0.4) is 0 Å². The van der Waals surface area contributed by atoms with E-state index in [9.17, 15) is 4.79 Å². The zero-order valence-corrected chi connectivity index (χ0v) is 20.1. The Balaban J connectivity index is 0.000000212. The first-order chi connectivity index (χ1) is 18.0. The molecule has 0 aliphatic carbocycles. The van der Waals surface area contributed by atoms with Crippen LogP contribution >= 0.6 is 0 Å². The van der Waals surface area contributed by atoms with Crippen molar-refractivity contribution >= 4 is 39.4 Å². The zero-order valence-electron chi connectivity index (χ0n) is 20.1. The summed E-state index contributed by atoms with van der Waals surface area (Å²) in [6, 6.07) is 20.8. The molecule has 0 saturated heterocycles. The molecule has 3 heterocycles. The van der Waals surface area contributed by atoms with E-state index in [1.54, 1.807) is 12.1 Å². The Morgan fingerprint density at radius 3 is 2.32 bits per heavy atom. The van der Waals surface area contributed by atoms with E-state index >= 15 is 0 Å². The Morgan fingerprint density at radius 2 is 1.65 bits per heavy atom. The fraction of sp³-hybridized carbons (Fsp3) is 0.107. The SMILES string of the molecule is C=C1C=C(C)c2ccc(NC(=O)OCc3nc4ccccc4[nH]3)cc2O1.OCc1nc2ccccc2[nH]1. The van der Waals surface area contributed by atoms with Crippen LogP contribution in [0.5, 0.6) is 5.75 Å². The molecule has 0 fully saturated rings. The highest BCUT2D eigenvalue weighted by molar-refractivity contribution is 5.86. The number of aliphatic hydroxyl groups excluding tert-OH is 1. The van der Waals surface area contributed by atoms with Crippen molar-refractivity contribution < 1.29 is 19.4 Å². The average molecular weight is 496 g/mol. The van der Waals surface area contributed by atoms with Gasteiger partial charge in [-0.2, -0.15) is 0 Å². The van der Waals surface area contributed by atoms with Gasteiger partial charge in [0.2, 0.25) is 0 Å². The van der Waals surface area contributed by atoms with Crippen LogP contribution in [0.4, 0.5) is 10.5 Å². The quantitative estimate of drug-likeness (QED) is 0.254. The monoisotopic (exact) mass is 495 g/mol. The number of benzene rings is 3. The van der Waals surface area contributed by atoms with Crippen molar-refractivity contribution in [3.05, 3.63) is 102 Å². The fourth-order valence-corrected chi connectivity index (χ4v) is 3.94. The molecule has 0 radical (unpaired) electrons. The molecule has 0 bridgehead atoms. The number of hydrogen-bond acceptors (Lipinski definition) is 6. The van der Waals surface area contributed by atoms with Gasteiger partial charge in [0.1, 0.15) is 29.8 Å². The summed E-state index contributed by atoms with van der Waals surface area (Å²) in [5.74, 6) is 2.43. The van der Waals surface area contributed by atoms with E-state index in [1.165, 1.54) is 0 Å². The number of aliphatic hydroxyl groups is 1. The van der Waals surface area contributed by atoms with Crippen LogP contribution in [-0.4, -0.2) is 31.1 Å². The van der Waals surface area contributed by atoms with Gasteiger partial charge in [0.05, 0.1) is 22.1 Å². The van der Waals surface area contributed by atoms with Crippen LogP contribution in [0.25, 0.3) is 27.6 Å².